The van der Waals surface area contributed by atoms with Gasteiger partial charge in [0, 0.05) is 24.7 Å². The predicted octanol–water partition coefficient (Wildman–Crippen LogP) is 3.92. The zero-order valence-corrected chi connectivity index (χ0v) is 13.1. The van der Waals surface area contributed by atoms with Crippen LogP contribution in [0, 0.1) is 34.0 Å². The van der Waals surface area contributed by atoms with E-state index in [2.05, 4.69) is 6.92 Å². The monoisotopic (exact) mass is 286 g/mol. The number of hydrogen-bond acceptors (Lipinski definition) is 2. The maximum atomic E-state index is 12.4. The van der Waals surface area contributed by atoms with E-state index in [4.69, 9.17) is 0 Å². The largest absolute Gasteiger partial charge is 0.300 e. The molecule has 5 aliphatic carbocycles. The quantitative estimate of drug-likeness (QED) is 0.676. The Labute approximate surface area is 127 Å². The van der Waals surface area contributed by atoms with Crippen LogP contribution in [0.4, 0.5) is 0 Å². The Balaban J connectivity index is 1.50. The van der Waals surface area contributed by atoms with Gasteiger partial charge in [-0.15, -0.1) is 0 Å². The van der Waals surface area contributed by atoms with Crippen molar-refractivity contribution in [3.8, 4) is 0 Å². The van der Waals surface area contributed by atoms with E-state index >= 15 is 0 Å². The summed E-state index contributed by atoms with van der Waals surface area (Å²) in [6.45, 7) is 2.26. The number of Topliss-reactive ketones (excluding diaryl/α,β-unsaturated/α-hetero) is 2. The third-order valence-corrected chi connectivity index (χ3v) is 8.78. The molecule has 0 amide bonds. The first kappa shape index (κ1) is 12.8. The van der Waals surface area contributed by atoms with Gasteiger partial charge >= 0.3 is 0 Å². The molecule has 2 nitrogen and oxygen atoms in total. The topological polar surface area (TPSA) is 34.1 Å². The number of rotatable bonds is 0. The van der Waals surface area contributed by atoms with Gasteiger partial charge in [0.15, 0.2) is 0 Å². The lowest BCUT2D eigenvalue weighted by Crippen LogP contribution is -2.48. The fourth-order valence-corrected chi connectivity index (χ4v) is 7.71. The Bertz CT molecular complexity index is 552. The van der Waals surface area contributed by atoms with Crippen LogP contribution in [0.1, 0.15) is 71.1 Å². The van der Waals surface area contributed by atoms with E-state index in [0.29, 0.717) is 28.3 Å². The Morgan fingerprint density at radius 2 is 1.81 bits per heavy atom. The SMILES string of the molecule is C[C@]12CC[C@H]3[C@@H](CC[C@]45CC(=O)CC[C@]34C5)[C@@H]1CCC2=O. The standard InChI is InChI=1S/C19H26O2/c1-17-7-6-15-13(14(17)2-3-16(17)21)5-8-18-10-12(20)4-9-19(15,18)11-18/h13-15H,2-11H2,1H3/t13-,14-,15-,17-,18+,19-/m0/s1. The summed E-state index contributed by atoms with van der Waals surface area (Å²) >= 11 is 0. The van der Waals surface area contributed by atoms with Gasteiger partial charge in [-0.05, 0) is 73.5 Å². The lowest BCUT2D eigenvalue weighted by atomic mass is 9.50. The molecule has 0 heterocycles. The summed E-state index contributed by atoms with van der Waals surface area (Å²) in [5, 5.41) is 0. The van der Waals surface area contributed by atoms with Crippen molar-refractivity contribution in [3.05, 3.63) is 0 Å². The minimum absolute atomic E-state index is 0.0111. The first-order valence-corrected chi connectivity index (χ1v) is 9.06. The number of ketones is 2. The molecule has 0 radical (unpaired) electrons. The van der Waals surface area contributed by atoms with Crippen molar-refractivity contribution in [2.24, 2.45) is 34.0 Å². The first-order chi connectivity index (χ1) is 10.0. The average molecular weight is 286 g/mol. The van der Waals surface area contributed by atoms with Crippen LogP contribution in [0.2, 0.25) is 0 Å². The highest BCUT2D eigenvalue weighted by Gasteiger charge is 2.75. The highest BCUT2D eigenvalue weighted by atomic mass is 16.1. The lowest BCUT2D eigenvalue weighted by molar-refractivity contribution is -0.134. The summed E-state index contributed by atoms with van der Waals surface area (Å²) in [5.41, 5.74) is 0.952. The third kappa shape index (κ3) is 1.32. The normalized spacial score (nSPS) is 58.0. The minimum atomic E-state index is 0.0111. The Morgan fingerprint density at radius 3 is 2.67 bits per heavy atom. The van der Waals surface area contributed by atoms with E-state index in [0.717, 1.165) is 43.9 Å². The molecule has 0 aromatic heterocycles. The van der Waals surface area contributed by atoms with Crippen molar-refractivity contribution in [1.82, 2.24) is 0 Å². The molecule has 0 aromatic rings. The van der Waals surface area contributed by atoms with Crippen LogP contribution in [0.5, 0.6) is 0 Å². The summed E-state index contributed by atoms with van der Waals surface area (Å²) in [6, 6.07) is 0. The summed E-state index contributed by atoms with van der Waals surface area (Å²) in [7, 11) is 0. The Hall–Kier alpha value is -0.660. The molecule has 0 aliphatic heterocycles. The Kier molecular flexibility index (Phi) is 2.22. The van der Waals surface area contributed by atoms with Gasteiger partial charge in [-0.25, -0.2) is 0 Å². The van der Waals surface area contributed by atoms with Crippen LogP contribution >= 0.6 is 0 Å². The minimum Gasteiger partial charge on any atom is -0.300 e. The van der Waals surface area contributed by atoms with E-state index in [9.17, 15) is 9.59 Å². The molecule has 21 heavy (non-hydrogen) atoms. The second-order valence-electron chi connectivity index (χ2n) is 9.16. The summed E-state index contributed by atoms with van der Waals surface area (Å²) in [4.78, 5) is 24.3. The molecular formula is C19H26O2. The van der Waals surface area contributed by atoms with Crippen molar-refractivity contribution in [3.63, 3.8) is 0 Å². The molecule has 0 unspecified atom stereocenters. The highest BCUT2D eigenvalue weighted by molar-refractivity contribution is 5.87. The molecule has 114 valence electrons. The molecular weight excluding hydrogens is 260 g/mol. The third-order valence-electron chi connectivity index (χ3n) is 8.78. The smallest absolute Gasteiger partial charge is 0.139 e. The van der Waals surface area contributed by atoms with Crippen LogP contribution in [0.3, 0.4) is 0 Å². The number of carbonyl (C=O) groups is 2. The van der Waals surface area contributed by atoms with Crippen molar-refractivity contribution in [2.75, 3.05) is 0 Å². The van der Waals surface area contributed by atoms with Crippen molar-refractivity contribution < 1.29 is 9.59 Å². The van der Waals surface area contributed by atoms with Crippen molar-refractivity contribution in [1.29, 1.82) is 0 Å². The molecule has 5 saturated carbocycles. The average Bonchev–Trinajstić information content (AvgIpc) is 3.05. The molecule has 0 aromatic carbocycles. The van der Waals surface area contributed by atoms with Crippen LogP contribution in [-0.2, 0) is 9.59 Å². The molecule has 0 bridgehead atoms. The van der Waals surface area contributed by atoms with Crippen LogP contribution in [0.15, 0.2) is 0 Å². The maximum Gasteiger partial charge on any atom is 0.139 e. The number of carbonyl (C=O) groups excluding carboxylic acids is 2. The van der Waals surface area contributed by atoms with Gasteiger partial charge in [0.2, 0.25) is 0 Å². The van der Waals surface area contributed by atoms with E-state index in [-0.39, 0.29) is 5.41 Å². The molecule has 5 fully saturated rings. The molecule has 0 spiro atoms. The van der Waals surface area contributed by atoms with E-state index in [1.165, 1.54) is 32.1 Å². The van der Waals surface area contributed by atoms with Crippen LogP contribution in [0.25, 0.3) is 0 Å². The second kappa shape index (κ2) is 3.63. The van der Waals surface area contributed by atoms with Gasteiger partial charge in [-0.3, -0.25) is 9.59 Å². The predicted molar refractivity (Wildman–Crippen MR) is 79.6 cm³/mol. The fraction of sp³-hybridized carbons (Fsp3) is 0.895. The zero-order valence-electron chi connectivity index (χ0n) is 13.1. The number of fused-ring (bicyclic) bond motifs is 3. The van der Waals surface area contributed by atoms with E-state index in [1.807, 2.05) is 0 Å². The van der Waals surface area contributed by atoms with Gasteiger partial charge in [-0.2, -0.15) is 0 Å². The van der Waals surface area contributed by atoms with Gasteiger partial charge in [-0.1, -0.05) is 6.92 Å². The summed E-state index contributed by atoms with van der Waals surface area (Å²) < 4.78 is 0. The van der Waals surface area contributed by atoms with Gasteiger partial charge in [0.25, 0.3) is 0 Å². The molecule has 0 saturated heterocycles. The molecule has 6 atom stereocenters. The Morgan fingerprint density at radius 1 is 0.952 bits per heavy atom. The molecule has 2 heteroatoms. The fourth-order valence-electron chi connectivity index (χ4n) is 7.71. The maximum absolute atomic E-state index is 12.4. The molecule has 0 N–H and O–H groups in total. The van der Waals surface area contributed by atoms with Crippen molar-refractivity contribution >= 4 is 11.6 Å². The van der Waals surface area contributed by atoms with Crippen molar-refractivity contribution in [2.45, 2.75) is 71.1 Å². The molecule has 5 rings (SSSR count). The first-order valence-electron chi connectivity index (χ1n) is 9.06. The van der Waals surface area contributed by atoms with E-state index in [1.54, 1.807) is 0 Å². The lowest BCUT2D eigenvalue weighted by Gasteiger charge is -2.53. The summed E-state index contributed by atoms with van der Waals surface area (Å²) in [5.74, 6) is 3.37. The molecule has 5 aliphatic rings. The van der Waals surface area contributed by atoms with Gasteiger partial charge < -0.3 is 0 Å². The number of hydrogen-bond donors (Lipinski definition) is 0. The van der Waals surface area contributed by atoms with Crippen LogP contribution < -0.4 is 0 Å². The highest BCUT2D eigenvalue weighted by Crippen LogP contribution is 2.82. The van der Waals surface area contributed by atoms with Gasteiger partial charge in [0.05, 0.1) is 0 Å². The van der Waals surface area contributed by atoms with Crippen LogP contribution in [-0.4, -0.2) is 11.6 Å². The van der Waals surface area contributed by atoms with E-state index < -0.39 is 0 Å². The second-order valence-corrected chi connectivity index (χ2v) is 9.16. The summed E-state index contributed by atoms with van der Waals surface area (Å²) in [6.07, 6.45) is 11.2. The van der Waals surface area contributed by atoms with Gasteiger partial charge in [0.1, 0.15) is 11.6 Å². The zero-order chi connectivity index (χ0) is 14.5.